The number of halogens is 2. The van der Waals surface area contributed by atoms with E-state index in [1.807, 2.05) is 18.2 Å². The van der Waals surface area contributed by atoms with Crippen LogP contribution in [0.15, 0.2) is 18.2 Å². The van der Waals surface area contributed by atoms with E-state index in [2.05, 4.69) is 6.92 Å². The lowest BCUT2D eigenvalue weighted by atomic mass is 9.83. The summed E-state index contributed by atoms with van der Waals surface area (Å²) in [6, 6.07) is 5.45. The van der Waals surface area contributed by atoms with Crippen LogP contribution in [0, 0.1) is 0 Å². The van der Waals surface area contributed by atoms with Gasteiger partial charge in [-0.1, -0.05) is 42.6 Å². The normalized spacial score (nSPS) is 27.5. The monoisotopic (exact) mass is 302 g/mol. The Hall–Kier alpha value is -0.280. The fourth-order valence-corrected chi connectivity index (χ4v) is 3.23. The van der Waals surface area contributed by atoms with Crippen molar-refractivity contribution < 1.29 is 9.84 Å². The lowest BCUT2D eigenvalue weighted by Gasteiger charge is -2.37. The summed E-state index contributed by atoms with van der Waals surface area (Å²) in [6.45, 7) is 2.73. The van der Waals surface area contributed by atoms with Gasteiger partial charge in [-0.05, 0) is 30.5 Å². The summed E-state index contributed by atoms with van der Waals surface area (Å²) in [5.74, 6) is 0. The van der Waals surface area contributed by atoms with Gasteiger partial charge in [0.1, 0.15) is 0 Å². The summed E-state index contributed by atoms with van der Waals surface area (Å²) in [5.41, 5.74) is 0.0812. The molecule has 19 heavy (non-hydrogen) atoms. The zero-order valence-corrected chi connectivity index (χ0v) is 12.7. The molecule has 1 fully saturated rings. The second kappa shape index (κ2) is 6.45. The predicted molar refractivity (Wildman–Crippen MR) is 79.0 cm³/mol. The van der Waals surface area contributed by atoms with Crippen LogP contribution in [-0.2, 0) is 11.2 Å². The maximum atomic E-state index is 10.8. The molecule has 1 aromatic carbocycles. The predicted octanol–water partition coefficient (Wildman–Crippen LogP) is 4.25. The summed E-state index contributed by atoms with van der Waals surface area (Å²) >= 11 is 12.4. The first-order valence-electron chi connectivity index (χ1n) is 6.81. The van der Waals surface area contributed by atoms with Crippen LogP contribution >= 0.6 is 23.2 Å². The van der Waals surface area contributed by atoms with Gasteiger partial charge in [0, 0.05) is 29.5 Å². The number of ether oxygens (including phenoxy) is 1. The topological polar surface area (TPSA) is 29.5 Å². The second-order valence-corrected chi connectivity index (χ2v) is 6.15. The summed E-state index contributed by atoms with van der Waals surface area (Å²) in [6.07, 6.45) is 3.98. The molecule has 1 aromatic rings. The fraction of sp³-hybridized carbons (Fsp3) is 0.600. The van der Waals surface area contributed by atoms with Crippen LogP contribution in [0.5, 0.6) is 0 Å². The van der Waals surface area contributed by atoms with Crippen molar-refractivity contribution in [1.82, 2.24) is 0 Å². The average Bonchev–Trinajstić information content (AvgIpc) is 2.35. The molecular formula is C15H20Cl2O2. The Morgan fingerprint density at radius 1 is 1.37 bits per heavy atom. The zero-order valence-electron chi connectivity index (χ0n) is 11.2. The molecule has 0 bridgehead atoms. The summed E-state index contributed by atoms with van der Waals surface area (Å²) in [5, 5.41) is 12.0. The van der Waals surface area contributed by atoms with E-state index < -0.39 is 5.60 Å². The van der Waals surface area contributed by atoms with Crippen molar-refractivity contribution in [2.45, 2.75) is 50.7 Å². The molecule has 0 radical (unpaired) electrons. The van der Waals surface area contributed by atoms with Crippen molar-refractivity contribution in [3.05, 3.63) is 33.8 Å². The molecule has 1 N–H and O–H groups in total. The van der Waals surface area contributed by atoms with Crippen LogP contribution in [0.3, 0.4) is 0 Å². The third kappa shape index (κ3) is 3.85. The molecule has 0 spiro atoms. The van der Waals surface area contributed by atoms with Gasteiger partial charge in [-0.15, -0.1) is 0 Å². The van der Waals surface area contributed by atoms with E-state index in [9.17, 15) is 5.11 Å². The molecule has 1 heterocycles. The first-order chi connectivity index (χ1) is 9.04. The highest BCUT2D eigenvalue weighted by molar-refractivity contribution is 6.36. The molecule has 2 unspecified atom stereocenters. The van der Waals surface area contributed by atoms with Gasteiger partial charge in [0.05, 0.1) is 11.7 Å². The lowest BCUT2D eigenvalue weighted by molar-refractivity contribution is -0.104. The van der Waals surface area contributed by atoms with Gasteiger partial charge in [0.25, 0.3) is 0 Å². The fourth-order valence-electron chi connectivity index (χ4n) is 2.70. The van der Waals surface area contributed by atoms with E-state index in [0.29, 0.717) is 35.9 Å². The molecule has 2 nitrogen and oxygen atoms in total. The minimum atomic E-state index is -0.757. The highest BCUT2D eigenvalue weighted by atomic mass is 35.5. The third-order valence-corrected chi connectivity index (χ3v) is 4.41. The Balaban J connectivity index is 2.12. The Kier molecular flexibility index (Phi) is 5.13. The lowest BCUT2D eigenvalue weighted by Crippen LogP contribution is -2.42. The van der Waals surface area contributed by atoms with Gasteiger partial charge < -0.3 is 9.84 Å². The van der Waals surface area contributed by atoms with Gasteiger partial charge in [-0.25, -0.2) is 0 Å². The van der Waals surface area contributed by atoms with Gasteiger partial charge in [-0.2, -0.15) is 0 Å². The first kappa shape index (κ1) is 15.1. The Morgan fingerprint density at radius 3 is 2.68 bits per heavy atom. The molecule has 1 saturated heterocycles. The average molecular weight is 303 g/mol. The highest BCUT2D eigenvalue weighted by Gasteiger charge is 2.35. The number of hydrogen-bond acceptors (Lipinski definition) is 2. The largest absolute Gasteiger partial charge is 0.389 e. The van der Waals surface area contributed by atoms with E-state index in [-0.39, 0.29) is 6.10 Å². The van der Waals surface area contributed by atoms with Crippen LogP contribution < -0.4 is 0 Å². The summed E-state index contributed by atoms with van der Waals surface area (Å²) < 4.78 is 5.69. The van der Waals surface area contributed by atoms with Gasteiger partial charge >= 0.3 is 0 Å². The zero-order chi connectivity index (χ0) is 13.9. The number of rotatable bonds is 4. The minimum absolute atomic E-state index is 0.144. The third-order valence-electron chi connectivity index (χ3n) is 3.71. The smallest absolute Gasteiger partial charge is 0.0735 e. The molecule has 4 heteroatoms. The Morgan fingerprint density at radius 2 is 2.05 bits per heavy atom. The molecule has 1 aliphatic rings. The van der Waals surface area contributed by atoms with Crippen molar-refractivity contribution in [1.29, 1.82) is 0 Å². The van der Waals surface area contributed by atoms with Crippen LogP contribution in [-0.4, -0.2) is 23.4 Å². The van der Waals surface area contributed by atoms with Gasteiger partial charge in [0.15, 0.2) is 0 Å². The van der Waals surface area contributed by atoms with E-state index in [1.165, 1.54) is 0 Å². The van der Waals surface area contributed by atoms with Crippen molar-refractivity contribution in [2.75, 3.05) is 6.61 Å². The van der Waals surface area contributed by atoms with E-state index in [1.54, 1.807) is 0 Å². The molecule has 106 valence electrons. The van der Waals surface area contributed by atoms with Gasteiger partial charge in [0.2, 0.25) is 0 Å². The molecular weight excluding hydrogens is 283 g/mol. The quantitative estimate of drug-likeness (QED) is 0.901. The van der Waals surface area contributed by atoms with E-state index in [4.69, 9.17) is 27.9 Å². The van der Waals surface area contributed by atoms with Crippen molar-refractivity contribution in [3.8, 4) is 0 Å². The molecule has 0 amide bonds. The molecule has 0 aromatic heterocycles. The number of aliphatic hydroxyl groups is 1. The number of benzene rings is 1. The maximum Gasteiger partial charge on any atom is 0.0735 e. The van der Waals surface area contributed by atoms with Crippen LogP contribution in [0.2, 0.25) is 10.0 Å². The first-order valence-corrected chi connectivity index (χ1v) is 7.56. The Labute approximate surface area is 124 Å². The van der Waals surface area contributed by atoms with Gasteiger partial charge in [-0.3, -0.25) is 0 Å². The van der Waals surface area contributed by atoms with Crippen LogP contribution in [0.1, 0.15) is 38.2 Å². The van der Waals surface area contributed by atoms with Crippen molar-refractivity contribution in [3.63, 3.8) is 0 Å². The molecule has 0 aliphatic carbocycles. The summed E-state index contributed by atoms with van der Waals surface area (Å²) in [4.78, 5) is 0. The van der Waals surface area contributed by atoms with Crippen LogP contribution in [0.4, 0.5) is 0 Å². The van der Waals surface area contributed by atoms with E-state index in [0.717, 1.165) is 18.4 Å². The molecule has 0 saturated carbocycles. The standard InChI is InChI=1S/C15H20Cl2O2/c1-2-4-11-9-15(18,7-8-19-11)10-12-13(16)5-3-6-14(12)17/h3,5-6,11,18H,2,4,7-10H2,1H3. The van der Waals surface area contributed by atoms with Crippen molar-refractivity contribution >= 4 is 23.2 Å². The molecule has 2 atom stereocenters. The Bertz CT molecular complexity index is 414. The maximum absolute atomic E-state index is 10.8. The molecule has 1 aliphatic heterocycles. The summed E-state index contributed by atoms with van der Waals surface area (Å²) in [7, 11) is 0. The minimum Gasteiger partial charge on any atom is -0.389 e. The van der Waals surface area contributed by atoms with Crippen molar-refractivity contribution in [2.24, 2.45) is 0 Å². The highest BCUT2D eigenvalue weighted by Crippen LogP contribution is 2.34. The SMILES string of the molecule is CCCC1CC(O)(Cc2c(Cl)cccc2Cl)CCO1. The number of hydrogen-bond donors (Lipinski definition) is 1. The van der Waals surface area contributed by atoms with Crippen LogP contribution in [0.25, 0.3) is 0 Å². The van der Waals surface area contributed by atoms with E-state index >= 15 is 0 Å². The molecule has 2 rings (SSSR count). The second-order valence-electron chi connectivity index (χ2n) is 5.34.